The number of hydrogen-bond acceptors (Lipinski definition) is 3. The summed E-state index contributed by atoms with van der Waals surface area (Å²) in [6.45, 7) is 16.3. The van der Waals surface area contributed by atoms with Crippen LogP contribution in [0.4, 0.5) is 0 Å². The average Bonchev–Trinajstić information content (AvgIpc) is 2.38. The van der Waals surface area contributed by atoms with Crippen molar-refractivity contribution in [2.45, 2.75) is 46.8 Å². The van der Waals surface area contributed by atoms with E-state index in [1.807, 2.05) is 6.08 Å². The molecule has 0 bridgehead atoms. The predicted molar refractivity (Wildman–Crippen MR) is 86.5 cm³/mol. The molecule has 3 heteroatoms. The Kier molecular flexibility index (Phi) is 7.48. The Bertz CT molecular complexity index is 399. The Morgan fingerprint density at radius 1 is 1.25 bits per heavy atom. The van der Waals surface area contributed by atoms with E-state index < -0.39 is 0 Å². The van der Waals surface area contributed by atoms with E-state index in [1.54, 1.807) is 0 Å². The molecule has 0 aliphatic rings. The van der Waals surface area contributed by atoms with Gasteiger partial charge in [0.05, 0.1) is 11.4 Å². The zero-order valence-electron chi connectivity index (χ0n) is 13.4. The van der Waals surface area contributed by atoms with Gasteiger partial charge < -0.3 is 5.32 Å². The summed E-state index contributed by atoms with van der Waals surface area (Å²) in [5, 5.41) is 3.44. The number of pyridine rings is 1. The van der Waals surface area contributed by atoms with Crippen LogP contribution in [0.15, 0.2) is 30.9 Å². The maximum Gasteiger partial charge on any atom is 0.0548 e. The van der Waals surface area contributed by atoms with Gasteiger partial charge in [-0.05, 0) is 38.4 Å². The van der Waals surface area contributed by atoms with Crippen molar-refractivity contribution in [1.29, 1.82) is 0 Å². The van der Waals surface area contributed by atoms with E-state index in [2.05, 4.69) is 62.7 Å². The van der Waals surface area contributed by atoms with Crippen molar-refractivity contribution in [1.82, 2.24) is 15.2 Å². The molecule has 1 N–H and O–H groups in total. The quantitative estimate of drug-likeness (QED) is 0.701. The van der Waals surface area contributed by atoms with Crippen molar-refractivity contribution in [2.24, 2.45) is 5.92 Å². The third-order valence-corrected chi connectivity index (χ3v) is 3.18. The first-order chi connectivity index (χ1) is 9.52. The van der Waals surface area contributed by atoms with Gasteiger partial charge in [-0.2, -0.15) is 0 Å². The molecule has 0 fully saturated rings. The molecule has 0 amide bonds. The van der Waals surface area contributed by atoms with E-state index in [0.717, 1.165) is 37.6 Å². The third kappa shape index (κ3) is 6.31. The van der Waals surface area contributed by atoms with Crippen LogP contribution in [-0.4, -0.2) is 29.0 Å². The Hall–Kier alpha value is -1.19. The number of nitrogens with one attached hydrogen (secondary N) is 1. The Morgan fingerprint density at radius 3 is 2.55 bits per heavy atom. The molecule has 0 aliphatic carbocycles. The minimum atomic E-state index is 0.498. The lowest BCUT2D eigenvalue weighted by Crippen LogP contribution is -2.31. The smallest absolute Gasteiger partial charge is 0.0548 e. The second-order valence-corrected chi connectivity index (χ2v) is 5.96. The van der Waals surface area contributed by atoms with Crippen molar-refractivity contribution >= 4 is 0 Å². The first-order valence-electron chi connectivity index (χ1n) is 7.53. The summed E-state index contributed by atoms with van der Waals surface area (Å²) >= 11 is 0. The lowest BCUT2D eigenvalue weighted by molar-refractivity contribution is 0.234. The van der Waals surface area contributed by atoms with Gasteiger partial charge in [0, 0.05) is 25.7 Å². The van der Waals surface area contributed by atoms with Crippen LogP contribution in [-0.2, 0) is 13.1 Å². The average molecular weight is 275 g/mol. The number of hydrogen-bond donors (Lipinski definition) is 1. The van der Waals surface area contributed by atoms with Gasteiger partial charge in [0.25, 0.3) is 0 Å². The van der Waals surface area contributed by atoms with E-state index >= 15 is 0 Å². The van der Waals surface area contributed by atoms with E-state index in [-0.39, 0.29) is 0 Å². The van der Waals surface area contributed by atoms with Gasteiger partial charge in [-0.3, -0.25) is 9.88 Å². The summed E-state index contributed by atoms with van der Waals surface area (Å²) in [4.78, 5) is 7.10. The highest BCUT2D eigenvalue weighted by Crippen LogP contribution is 2.07. The second-order valence-electron chi connectivity index (χ2n) is 5.96. The molecular weight excluding hydrogens is 246 g/mol. The maximum absolute atomic E-state index is 4.74. The zero-order valence-corrected chi connectivity index (χ0v) is 13.4. The first-order valence-corrected chi connectivity index (χ1v) is 7.53. The fourth-order valence-corrected chi connectivity index (χ4v) is 2.04. The Balaban J connectivity index is 2.60. The SMILES string of the molecule is C=CCN(Cc1cccc(CNCC(C)C)n1)C(C)C. The molecule has 1 aromatic rings. The van der Waals surface area contributed by atoms with Crippen LogP contribution in [0.25, 0.3) is 0 Å². The van der Waals surface area contributed by atoms with E-state index in [1.165, 1.54) is 0 Å². The van der Waals surface area contributed by atoms with Crippen LogP contribution in [0.1, 0.15) is 39.1 Å². The van der Waals surface area contributed by atoms with Gasteiger partial charge in [-0.25, -0.2) is 0 Å². The minimum absolute atomic E-state index is 0.498. The monoisotopic (exact) mass is 275 g/mol. The number of nitrogens with zero attached hydrogens (tertiary/aromatic N) is 2. The molecule has 1 aromatic heterocycles. The second kappa shape index (κ2) is 8.88. The van der Waals surface area contributed by atoms with Crippen molar-refractivity contribution in [3.05, 3.63) is 42.2 Å². The molecule has 1 rings (SSSR count). The normalized spacial score (nSPS) is 11.6. The molecule has 0 aliphatic heterocycles. The number of aromatic nitrogens is 1. The van der Waals surface area contributed by atoms with Crippen LogP contribution < -0.4 is 5.32 Å². The fourth-order valence-electron chi connectivity index (χ4n) is 2.04. The van der Waals surface area contributed by atoms with Crippen LogP contribution in [0.5, 0.6) is 0 Å². The van der Waals surface area contributed by atoms with Gasteiger partial charge in [-0.1, -0.05) is 26.0 Å². The molecule has 0 radical (unpaired) electrons. The largest absolute Gasteiger partial charge is 0.311 e. The van der Waals surface area contributed by atoms with Gasteiger partial charge in [0.15, 0.2) is 0 Å². The van der Waals surface area contributed by atoms with Crippen LogP contribution in [0.3, 0.4) is 0 Å². The summed E-state index contributed by atoms with van der Waals surface area (Å²) in [6, 6.07) is 6.79. The molecule has 20 heavy (non-hydrogen) atoms. The van der Waals surface area contributed by atoms with Crippen LogP contribution in [0.2, 0.25) is 0 Å². The van der Waals surface area contributed by atoms with Gasteiger partial charge in [-0.15, -0.1) is 6.58 Å². The highest BCUT2D eigenvalue weighted by Gasteiger charge is 2.09. The highest BCUT2D eigenvalue weighted by molar-refractivity contribution is 5.11. The summed E-state index contributed by atoms with van der Waals surface area (Å²) in [5.74, 6) is 0.669. The Morgan fingerprint density at radius 2 is 1.95 bits per heavy atom. The lowest BCUT2D eigenvalue weighted by atomic mass is 10.2. The molecule has 0 saturated carbocycles. The van der Waals surface area contributed by atoms with Crippen molar-refractivity contribution in [3.8, 4) is 0 Å². The van der Waals surface area contributed by atoms with Gasteiger partial charge in [0.1, 0.15) is 0 Å². The van der Waals surface area contributed by atoms with E-state index in [0.29, 0.717) is 12.0 Å². The lowest BCUT2D eigenvalue weighted by Gasteiger charge is -2.24. The highest BCUT2D eigenvalue weighted by atomic mass is 15.1. The van der Waals surface area contributed by atoms with E-state index in [4.69, 9.17) is 4.98 Å². The maximum atomic E-state index is 4.74. The fraction of sp³-hybridized carbons (Fsp3) is 0.588. The van der Waals surface area contributed by atoms with Gasteiger partial charge >= 0.3 is 0 Å². The summed E-state index contributed by atoms with van der Waals surface area (Å²) < 4.78 is 0. The molecule has 0 atom stereocenters. The van der Waals surface area contributed by atoms with Gasteiger partial charge in [0.2, 0.25) is 0 Å². The molecule has 1 heterocycles. The van der Waals surface area contributed by atoms with E-state index in [9.17, 15) is 0 Å². The minimum Gasteiger partial charge on any atom is -0.311 e. The summed E-state index contributed by atoms with van der Waals surface area (Å²) in [6.07, 6.45) is 1.95. The standard InChI is InChI=1S/C17H29N3/c1-6-10-20(15(4)5)13-17-9-7-8-16(19-17)12-18-11-14(2)3/h6-9,14-15,18H,1,10-13H2,2-5H3. The Labute approximate surface area is 124 Å². The molecule has 0 aromatic carbocycles. The molecule has 3 nitrogen and oxygen atoms in total. The molecular formula is C17H29N3. The third-order valence-electron chi connectivity index (χ3n) is 3.18. The number of rotatable bonds is 9. The van der Waals surface area contributed by atoms with Crippen LogP contribution >= 0.6 is 0 Å². The van der Waals surface area contributed by atoms with Crippen molar-refractivity contribution in [3.63, 3.8) is 0 Å². The molecule has 0 unspecified atom stereocenters. The molecule has 112 valence electrons. The first kappa shape index (κ1) is 16.9. The molecule has 0 spiro atoms. The topological polar surface area (TPSA) is 28.2 Å². The summed E-state index contributed by atoms with van der Waals surface area (Å²) in [7, 11) is 0. The van der Waals surface area contributed by atoms with Crippen molar-refractivity contribution in [2.75, 3.05) is 13.1 Å². The predicted octanol–water partition coefficient (Wildman–Crippen LogP) is 3.22. The zero-order chi connectivity index (χ0) is 15.0. The summed E-state index contributed by atoms with van der Waals surface area (Å²) in [5.41, 5.74) is 2.25. The molecule has 0 saturated heterocycles. The van der Waals surface area contributed by atoms with Crippen LogP contribution in [0, 0.1) is 5.92 Å². The van der Waals surface area contributed by atoms with Crippen molar-refractivity contribution < 1.29 is 0 Å².